The van der Waals surface area contributed by atoms with Crippen molar-refractivity contribution >= 4 is 38.8 Å². The zero-order valence-corrected chi connectivity index (χ0v) is 13.4. The molecule has 0 aliphatic carbocycles. The number of benzene rings is 1. The molecule has 19 heavy (non-hydrogen) atoms. The van der Waals surface area contributed by atoms with Gasteiger partial charge in [0, 0.05) is 18.7 Å². The van der Waals surface area contributed by atoms with Crippen LogP contribution in [0.2, 0.25) is 5.02 Å². The van der Waals surface area contributed by atoms with Crippen LogP contribution in [-0.4, -0.2) is 30.8 Å². The van der Waals surface area contributed by atoms with Gasteiger partial charge in [0.05, 0.1) is 5.02 Å². The van der Waals surface area contributed by atoms with Crippen molar-refractivity contribution in [3.63, 3.8) is 0 Å². The molecular formula is C12H17ClN2O2S2. The molecule has 7 heteroatoms. The zero-order valence-electron chi connectivity index (χ0n) is 11.1. The normalized spacial score (nSPS) is 13.5. The summed E-state index contributed by atoms with van der Waals surface area (Å²) in [6, 6.07) is 4.40. The van der Waals surface area contributed by atoms with Gasteiger partial charge in [0.1, 0.15) is 9.88 Å². The van der Waals surface area contributed by atoms with E-state index in [1.807, 2.05) is 13.8 Å². The number of sulfonamides is 1. The number of rotatable bonds is 5. The molecule has 0 aliphatic heterocycles. The SMILES string of the molecule is CCC(C)N(C)S(=O)(=O)c1cc(C(N)=S)ccc1Cl. The molecule has 1 atom stereocenters. The van der Waals surface area contributed by atoms with Gasteiger partial charge in [-0.2, -0.15) is 4.31 Å². The molecule has 0 amide bonds. The second kappa shape index (κ2) is 6.17. The Bertz CT molecular complexity index is 587. The lowest BCUT2D eigenvalue weighted by Gasteiger charge is -2.23. The van der Waals surface area contributed by atoms with Gasteiger partial charge in [-0.05, 0) is 25.5 Å². The molecule has 0 saturated heterocycles. The molecule has 1 aromatic carbocycles. The van der Waals surface area contributed by atoms with Crippen LogP contribution in [0.1, 0.15) is 25.8 Å². The van der Waals surface area contributed by atoms with Crippen LogP contribution in [0.5, 0.6) is 0 Å². The smallest absolute Gasteiger partial charge is 0.244 e. The average molecular weight is 321 g/mol. The number of hydrogen-bond donors (Lipinski definition) is 1. The highest BCUT2D eigenvalue weighted by Crippen LogP contribution is 2.26. The van der Waals surface area contributed by atoms with Crippen molar-refractivity contribution < 1.29 is 8.42 Å². The van der Waals surface area contributed by atoms with Crippen molar-refractivity contribution in [2.24, 2.45) is 5.73 Å². The Balaban J connectivity index is 3.36. The molecular weight excluding hydrogens is 304 g/mol. The van der Waals surface area contributed by atoms with E-state index in [0.29, 0.717) is 12.0 Å². The quantitative estimate of drug-likeness (QED) is 0.846. The van der Waals surface area contributed by atoms with E-state index in [1.165, 1.54) is 23.5 Å². The number of thiocarbonyl (C=S) groups is 1. The predicted molar refractivity (Wildman–Crippen MR) is 82.0 cm³/mol. The summed E-state index contributed by atoms with van der Waals surface area (Å²) >= 11 is 10.8. The summed E-state index contributed by atoms with van der Waals surface area (Å²) in [6.45, 7) is 3.76. The fraction of sp³-hybridized carbons (Fsp3) is 0.417. The number of halogens is 1. The third-order valence-electron chi connectivity index (χ3n) is 3.08. The van der Waals surface area contributed by atoms with Crippen LogP contribution in [0.3, 0.4) is 0 Å². The fourth-order valence-electron chi connectivity index (χ4n) is 1.50. The first-order chi connectivity index (χ1) is 8.71. The summed E-state index contributed by atoms with van der Waals surface area (Å²) in [6.07, 6.45) is 0.711. The van der Waals surface area contributed by atoms with E-state index >= 15 is 0 Å². The van der Waals surface area contributed by atoms with Crippen molar-refractivity contribution in [3.8, 4) is 0 Å². The van der Waals surface area contributed by atoms with Gasteiger partial charge in [0.15, 0.2) is 0 Å². The Labute approximate surface area is 124 Å². The molecule has 0 saturated carbocycles. The van der Waals surface area contributed by atoms with E-state index in [9.17, 15) is 8.42 Å². The van der Waals surface area contributed by atoms with Crippen molar-refractivity contribution in [1.29, 1.82) is 0 Å². The van der Waals surface area contributed by atoms with Gasteiger partial charge in [-0.25, -0.2) is 8.42 Å². The summed E-state index contributed by atoms with van der Waals surface area (Å²) in [5.41, 5.74) is 6.00. The molecule has 4 nitrogen and oxygen atoms in total. The minimum absolute atomic E-state index is 0.0299. The fourth-order valence-corrected chi connectivity index (χ4v) is 3.56. The zero-order chi connectivity index (χ0) is 14.8. The van der Waals surface area contributed by atoms with E-state index in [4.69, 9.17) is 29.6 Å². The highest BCUT2D eigenvalue weighted by atomic mass is 35.5. The monoisotopic (exact) mass is 320 g/mol. The van der Waals surface area contributed by atoms with Crippen LogP contribution in [0.4, 0.5) is 0 Å². The van der Waals surface area contributed by atoms with E-state index < -0.39 is 10.0 Å². The van der Waals surface area contributed by atoms with Crippen LogP contribution in [-0.2, 0) is 10.0 Å². The van der Waals surface area contributed by atoms with Gasteiger partial charge in [-0.3, -0.25) is 0 Å². The largest absolute Gasteiger partial charge is 0.389 e. The molecule has 0 radical (unpaired) electrons. The lowest BCUT2D eigenvalue weighted by molar-refractivity contribution is 0.380. The summed E-state index contributed by atoms with van der Waals surface area (Å²) < 4.78 is 26.3. The maximum absolute atomic E-state index is 12.5. The lowest BCUT2D eigenvalue weighted by atomic mass is 10.2. The first-order valence-corrected chi connectivity index (χ1v) is 8.01. The Hall–Kier alpha value is -0.690. The van der Waals surface area contributed by atoms with Crippen molar-refractivity contribution in [2.45, 2.75) is 31.2 Å². The van der Waals surface area contributed by atoms with Gasteiger partial charge in [-0.15, -0.1) is 0 Å². The third-order valence-corrected chi connectivity index (χ3v) is 5.77. The maximum Gasteiger partial charge on any atom is 0.244 e. The van der Waals surface area contributed by atoms with Gasteiger partial charge in [-0.1, -0.05) is 36.8 Å². The first-order valence-electron chi connectivity index (χ1n) is 5.79. The highest BCUT2D eigenvalue weighted by Gasteiger charge is 2.27. The highest BCUT2D eigenvalue weighted by molar-refractivity contribution is 7.89. The number of hydrogen-bond acceptors (Lipinski definition) is 3. The molecule has 1 unspecified atom stereocenters. The molecule has 1 aromatic rings. The third kappa shape index (κ3) is 3.45. The van der Waals surface area contributed by atoms with Gasteiger partial charge in [0.2, 0.25) is 10.0 Å². The van der Waals surface area contributed by atoms with E-state index in [0.717, 1.165) is 0 Å². The van der Waals surface area contributed by atoms with Gasteiger partial charge in [0.25, 0.3) is 0 Å². The minimum atomic E-state index is -3.65. The number of nitrogens with two attached hydrogens (primary N) is 1. The predicted octanol–water partition coefficient (Wildman–Crippen LogP) is 2.39. The van der Waals surface area contributed by atoms with Crippen LogP contribution in [0, 0.1) is 0 Å². The number of nitrogens with zero attached hydrogens (tertiary/aromatic N) is 1. The van der Waals surface area contributed by atoms with E-state index in [1.54, 1.807) is 6.07 Å². The summed E-state index contributed by atoms with van der Waals surface area (Å²) in [5.74, 6) is 0. The molecule has 2 N–H and O–H groups in total. The van der Waals surface area contributed by atoms with Crippen molar-refractivity contribution in [3.05, 3.63) is 28.8 Å². The van der Waals surface area contributed by atoms with Gasteiger partial charge < -0.3 is 5.73 Å². The standard InChI is InChI=1S/C12H17ClN2O2S2/c1-4-8(2)15(3)19(16,17)11-7-9(12(14)18)5-6-10(11)13/h5-8H,4H2,1-3H3,(H2,14,18). The Kier molecular flexibility index (Phi) is 5.32. The second-order valence-corrected chi connectivity index (χ2v) is 7.10. The maximum atomic E-state index is 12.5. The molecule has 0 spiro atoms. The van der Waals surface area contributed by atoms with Crippen LogP contribution in [0.15, 0.2) is 23.1 Å². The summed E-state index contributed by atoms with van der Waals surface area (Å²) in [5, 5.41) is 0.162. The Morgan fingerprint density at radius 1 is 1.53 bits per heavy atom. The lowest BCUT2D eigenvalue weighted by Crippen LogP contribution is -2.34. The van der Waals surface area contributed by atoms with Crippen LogP contribution >= 0.6 is 23.8 Å². The molecule has 106 valence electrons. The Morgan fingerprint density at radius 2 is 2.11 bits per heavy atom. The summed E-state index contributed by atoms with van der Waals surface area (Å²) in [7, 11) is -2.12. The van der Waals surface area contributed by atoms with Crippen molar-refractivity contribution in [1.82, 2.24) is 4.31 Å². The van der Waals surface area contributed by atoms with Crippen molar-refractivity contribution in [2.75, 3.05) is 7.05 Å². The second-order valence-electron chi connectivity index (χ2n) is 4.29. The topological polar surface area (TPSA) is 63.4 Å². The molecule has 0 aromatic heterocycles. The first kappa shape index (κ1) is 16.4. The van der Waals surface area contributed by atoms with Crippen LogP contribution in [0.25, 0.3) is 0 Å². The minimum Gasteiger partial charge on any atom is -0.389 e. The molecule has 0 fully saturated rings. The Morgan fingerprint density at radius 3 is 2.58 bits per heavy atom. The van der Waals surface area contributed by atoms with Gasteiger partial charge >= 0.3 is 0 Å². The van der Waals surface area contributed by atoms with Crippen LogP contribution < -0.4 is 5.73 Å². The molecule has 0 bridgehead atoms. The molecule has 0 heterocycles. The molecule has 0 aliphatic rings. The average Bonchev–Trinajstić information content (AvgIpc) is 2.36. The van der Waals surface area contributed by atoms with E-state index in [-0.39, 0.29) is 20.9 Å². The molecule has 1 rings (SSSR count). The van der Waals surface area contributed by atoms with E-state index in [2.05, 4.69) is 0 Å². The summed E-state index contributed by atoms with van der Waals surface area (Å²) in [4.78, 5) is 0.168.